The SMILES string of the molecule is COc1ccc(N2C(=O)C3C(C2=O)C2c4ccccc4C=CN2C3C(=O)c2ccccc2)c(OC)c1. The summed E-state index contributed by atoms with van der Waals surface area (Å²) in [7, 11) is 3.02. The molecule has 0 N–H and O–H groups in total. The lowest BCUT2D eigenvalue weighted by Gasteiger charge is -2.35. The van der Waals surface area contributed by atoms with E-state index < -0.39 is 29.8 Å². The van der Waals surface area contributed by atoms with Crippen LogP contribution in [0.3, 0.4) is 0 Å². The maximum atomic E-state index is 14.0. The number of carbonyl (C=O) groups is 3. The fraction of sp³-hybridized carbons (Fsp3) is 0.207. The highest BCUT2D eigenvalue weighted by molar-refractivity contribution is 6.25. The van der Waals surface area contributed by atoms with Crippen LogP contribution in [0.2, 0.25) is 0 Å². The minimum atomic E-state index is -0.835. The van der Waals surface area contributed by atoms with Gasteiger partial charge in [-0.2, -0.15) is 0 Å². The van der Waals surface area contributed by atoms with Crippen molar-refractivity contribution in [2.24, 2.45) is 11.8 Å². The third kappa shape index (κ3) is 3.09. The molecule has 3 aliphatic rings. The third-order valence-electron chi connectivity index (χ3n) is 7.42. The normalized spacial score (nSPS) is 23.8. The van der Waals surface area contributed by atoms with Crippen molar-refractivity contribution in [3.05, 3.63) is 95.7 Å². The Hall–Kier alpha value is -4.39. The number of fused-ring (bicyclic) bond motifs is 5. The molecule has 0 bridgehead atoms. The van der Waals surface area contributed by atoms with Crippen LogP contribution in [0.1, 0.15) is 27.5 Å². The van der Waals surface area contributed by atoms with Gasteiger partial charge in [-0.15, -0.1) is 0 Å². The average molecular weight is 481 g/mol. The Morgan fingerprint density at radius 3 is 2.31 bits per heavy atom. The molecule has 3 aliphatic heterocycles. The van der Waals surface area contributed by atoms with Gasteiger partial charge in [-0.3, -0.25) is 14.4 Å². The zero-order valence-electron chi connectivity index (χ0n) is 19.8. The van der Waals surface area contributed by atoms with Gasteiger partial charge in [0.1, 0.15) is 17.5 Å². The first-order chi connectivity index (χ1) is 17.5. The van der Waals surface area contributed by atoms with E-state index in [-0.39, 0.29) is 11.7 Å². The lowest BCUT2D eigenvalue weighted by atomic mass is 9.83. The molecule has 4 unspecified atom stereocenters. The summed E-state index contributed by atoms with van der Waals surface area (Å²) in [5.41, 5.74) is 2.77. The number of ketones is 1. The highest BCUT2D eigenvalue weighted by Crippen LogP contribution is 2.54. The summed E-state index contributed by atoms with van der Waals surface area (Å²) < 4.78 is 10.8. The fourth-order valence-electron chi connectivity index (χ4n) is 5.84. The van der Waals surface area contributed by atoms with Crippen molar-refractivity contribution in [1.82, 2.24) is 4.90 Å². The van der Waals surface area contributed by atoms with Gasteiger partial charge >= 0.3 is 0 Å². The lowest BCUT2D eigenvalue weighted by molar-refractivity contribution is -0.123. The van der Waals surface area contributed by atoms with Crippen LogP contribution < -0.4 is 14.4 Å². The number of hydrogen-bond donors (Lipinski definition) is 0. The quantitative estimate of drug-likeness (QED) is 0.404. The Balaban J connectivity index is 1.50. The first-order valence-electron chi connectivity index (χ1n) is 11.8. The van der Waals surface area contributed by atoms with Crippen molar-refractivity contribution in [1.29, 1.82) is 0 Å². The first kappa shape index (κ1) is 22.1. The predicted molar refractivity (Wildman–Crippen MR) is 134 cm³/mol. The molecule has 7 heteroatoms. The molecule has 6 rings (SSSR count). The van der Waals surface area contributed by atoms with Crippen molar-refractivity contribution in [3.63, 3.8) is 0 Å². The number of nitrogens with zero attached hydrogens (tertiary/aromatic N) is 2. The minimum Gasteiger partial charge on any atom is -0.497 e. The van der Waals surface area contributed by atoms with Crippen LogP contribution in [0.4, 0.5) is 5.69 Å². The van der Waals surface area contributed by atoms with E-state index in [1.54, 1.807) is 42.5 Å². The van der Waals surface area contributed by atoms with Gasteiger partial charge in [-0.05, 0) is 29.3 Å². The molecule has 2 amide bonds. The number of benzene rings is 3. The second-order valence-corrected chi connectivity index (χ2v) is 9.11. The van der Waals surface area contributed by atoms with E-state index in [0.717, 1.165) is 11.1 Å². The maximum Gasteiger partial charge on any atom is 0.240 e. The molecule has 0 aromatic heterocycles. The van der Waals surface area contributed by atoms with Crippen LogP contribution in [0.5, 0.6) is 11.5 Å². The van der Waals surface area contributed by atoms with Crippen LogP contribution in [0.15, 0.2) is 79.0 Å². The van der Waals surface area contributed by atoms with Gasteiger partial charge in [-0.1, -0.05) is 54.6 Å². The van der Waals surface area contributed by atoms with Gasteiger partial charge in [0.25, 0.3) is 0 Å². The Labute approximate surface area is 208 Å². The minimum absolute atomic E-state index is 0.179. The van der Waals surface area contributed by atoms with E-state index in [2.05, 4.69) is 0 Å². The van der Waals surface area contributed by atoms with Crippen molar-refractivity contribution < 1.29 is 23.9 Å². The molecule has 36 heavy (non-hydrogen) atoms. The molecule has 0 saturated carbocycles. The highest BCUT2D eigenvalue weighted by atomic mass is 16.5. The smallest absolute Gasteiger partial charge is 0.240 e. The number of rotatable bonds is 5. The van der Waals surface area contributed by atoms with Gasteiger partial charge in [0, 0.05) is 17.8 Å². The molecule has 4 atom stereocenters. The second-order valence-electron chi connectivity index (χ2n) is 9.11. The summed E-state index contributed by atoms with van der Waals surface area (Å²) in [5.74, 6) is -1.57. The Bertz CT molecular complexity index is 1420. The summed E-state index contributed by atoms with van der Waals surface area (Å²) in [4.78, 5) is 45.0. The maximum absolute atomic E-state index is 14.0. The molecule has 2 saturated heterocycles. The van der Waals surface area contributed by atoms with Gasteiger partial charge < -0.3 is 14.4 Å². The molecule has 7 nitrogen and oxygen atoms in total. The van der Waals surface area contributed by atoms with Gasteiger partial charge in [-0.25, -0.2) is 4.90 Å². The zero-order chi connectivity index (χ0) is 25.0. The van der Waals surface area contributed by atoms with Crippen molar-refractivity contribution in [3.8, 4) is 11.5 Å². The first-order valence-corrected chi connectivity index (χ1v) is 11.8. The molecule has 180 valence electrons. The highest BCUT2D eigenvalue weighted by Gasteiger charge is 2.64. The van der Waals surface area contributed by atoms with Gasteiger partial charge in [0.15, 0.2) is 5.78 Å². The molecular weight excluding hydrogens is 456 g/mol. The molecule has 3 aromatic carbocycles. The largest absolute Gasteiger partial charge is 0.497 e. The monoisotopic (exact) mass is 480 g/mol. The second kappa shape index (κ2) is 8.37. The van der Waals surface area contributed by atoms with Crippen LogP contribution in [0.25, 0.3) is 6.08 Å². The van der Waals surface area contributed by atoms with E-state index in [1.165, 1.54) is 19.1 Å². The number of carbonyl (C=O) groups excluding carboxylic acids is 3. The fourth-order valence-corrected chi connectivity index (χ4v) is 5.84. The number of hydrogen-bond acceptors (Lipinski definition) is 6. The van der Waals surface area contributed by atoms with Gasteiger partial charge in [0.05, 0.1) is 37.8 Å². The summed E-state index contributed by atoms with van der Waals surface area (Å²) in [5, 5.41) is 0. The topological polar surface area (TPSA) is 76.2 Å². The van der Waals surface area contributed by atoms with Crippen LogP contribution in [-0.4, -0.2) is 42.8 Å². The Morgan fingerprint density at radius 1 is 0.833 bits per heavy atom. The molecular formula is C29H24N2O5. The molecule has 3 aromatic rings. The number of anilines is 1. The average Bonchev–Trinajstić information content (AvgIpc) is 3.40. The lowest BCUT2D eigenvalue weighted by Crippen LogP contribution is -2.44. The van der Waals surface area contributed by atoms with E-state index in [1.807, 2.05) is 47.5 Å². The standard InChI is InChI=1S/C29H24N2O5/c1-35-19-12-13-21(22(16-19)36-2)31-28(33)23-24(29(31)34)26(27(32)18-9-4-3-5-10-18)30-15-14-17-8-6-7-11-20(17)25(23)30/h3-16,23-26H,1-2H3. The summed E-state index contributed by atoms with van der Waals surface area (Å²) in [6.45, 7) is 0. The van der Waals surface area contributed by atoms with Crippen molar-refractivity contribution in [2.75, 3.05) is 19.1 Å². The molecule has 0 radical (unpaired) electrons. The number of ether oxygens (including phenoxy) is 2. The number of Topliss-reactive ketones (excluding diaryl/α,β-unsaturated/α-hetero) is 1. The summed E-state index contributed by atoms with van der Waals surface area (Å²) in [6.07, 6.45) is 3.80. The number of amides is 2. The summed E-state index contributed by atoms with van der Waals surface area (Å²) in [6, 6.07) is 20.5. The number of imide groups is 1. The summed E-state index contributed by atoms with van der Waals surface area (Å²) >= 11 is 0. The van der Waals surface area contributed by atoms with Crippen LogP contribution in [0, 0.1) is 11.8 Å². The zero-order valence-corrected chi connectivity index (χ0v) is 19.8. The van der Waals surface area contributed by atoms with E-state index >= 15 is 0 Å². The molecule has 0 spiro atoms. The van der Waals surface area contributed by atoms with Gasteiger partial charge in [0.2, 0.25) is 11.8 Å². The van der Waals surface area contributed by atoms with Crippen molar-refractivity contribution in [2.45, 2.75) is 12.1 Å². The number of methoxy groups -OCH3 is 2. The Kier molecular flexibility index (Phi) is 5.14. The van der Waals surface area contributed by atoms with E-state index in [0.29, 0.717) is 22.7 Å². The third-order valence-corrected chi connectivity index (χ3v) is 7.42. The van der Waals surface area contributed by atoms with E-state index in [4.69, 9.17) is 9.47 Å². The van der Waals surface area contributed by atoms with E-state index in [9.17, 15) is 14.4 Å². The Morgan fingerprint density at radius 2 is 1.56 bits per heavy atom. The van der Waals surface area contributed by atoms with Crippen LogP contribution >= 0.6 is 0 Å². The predicted octanol–water partition coefficient (Wildman–Crippen LogP) is 4.10. The van der Waals surface area contributed by atoms with Crippen LogP contribution in [-0.2, 0) is 9.59 Å². The molecule has 0 aliphatic carbocycles. The molecule has 2 fully saturated rings. The molecule has 3 heterocycles. The van der Waals surface area contributed by atoms with Crippen molar-refractivity contribution >= 4 is 29.4 Å².